The Morgan fingerprint density at radius 3 is 2.60 bits per heavy atom. The highest BCUT2D eigenvalue weighted by Gasteiger charge is 2.06. The molecule has 2 N–H and O–H groups in total. The third kappa shape index (κ3) is 3.18. The number of hydrogen-bond acceptors (Lipinski definition) is 4. The minimum atomic E-state index is -0.487. The highest BCUT2D eigenvalue weighted by molar-refractivity contribution is 5.39. The summed E-state index contributed by atoms with van der Waals surface area (Å²) in [5.41, 5.74) is 0.804. The van der Waals surface area contributed by atoms with Crippen LogP contribution < -0.4 is 4.90 Å². The average molecular weight is 210 g/mol. The number of likely N-dealkylation sites (N-methyl/N-ethyl adjacent to an activating group) is 1. The number of anilines is 1. The molecule has 0 aromatic carbocycles. The van der Waals surface area contributed by atoms with Gasteiger partial charge in [0, 0.05) is 19.3 Å². The van der Waals surface area contributed by atoms with Crippen molar-refractivity contribution in [1.29, 1.82) is 0 Å². The van der Waals surface area contributed by atoms with Gasteiger partial charge >= 0.3 is 0 Å². The fourth-order valence-corrected chi connectivity index (χ4v) is 1.39. The maximum absolute atomic E-state index is 9.32. The Morgan fingerprint density at radius 1 is 1.47 bits per heavy atom. The Labute approximate surface area is 90.2 Å². The van der Waals surface area contributed by atoms with Gasteiger partial charge in [-0.1, -0.05) is 6.07 Å². The zero-order valence-corrected chi connectivity index (χ0v) is 9.22. The number of nitrogens with zero attached hydrogens (tertiary/aromatic N) is 2. The molecule has 1 rings (SSSR count). The van der Waals surface area contributed by atoms with E-state index in [0.717, 1.165) is 17.9 Å². The molecule has 0 unspecified atom stereocenters. The fraction of sp³-hybridized carbons (Fsp3) is 0.545. The average Bonchev–Trinajstić information content (AvgIpc) is 2.26. The zero-order valence-electron chi connectivity index (χ0n) is 9.22. The van der Waals surface area contributed by atoms with E-state index in [9.17, 15) is 5.11 Å². The Morgan fingerprint density at radius 2 is 2.20 bits per heavy atom. The summed E-state index contributed by atoms with van der Waals surface area (Å²) in [4.78, 5) is 6.22. The summed E-state index contributed by atoms with van der Waals surface area (Å²) in [6, 6.07) is 3.72. The summed E-state index contributed by atoms with van der Waals surface area (Å²) in [5, 5.41) is 18.2. The first-order chi connectivity index (χ1) is 7.19. The van der Waals surface area contributed by atoms with Crippen LogP contribution in [0.15, 0.2) is 18.3 Å². The van der Waals surface area contributed by atoms with Crippen molar-refractivity contribution in [3.63, 3.8) is 0 Å². The molecule has 0 saturated carbocycles. The first kappa shape index (κ1) is 11.9. The number of aliphatic hydroxyl groups is 2. The molecule has 1 heterocycles. The highest BCUT2D eigenvalue weighted by atomic mass is 16.3. The van der Waals surface area contributed by atoms with E-state index in [0.29, 0.717) is 6.54 Å². The van der Waals surface area contributed by atoms with E-state index in [1.54, 1.807) is 13.1 Å². The second-order valence-corrected chi connectivity index (χ2v) is 3.43. The molecule has 84 valence electrons. The van der Waals surface area contributed by atoms with Crippen LogP contribution in [0.2, 0.25) is 0 Å². The Balaban J connectivity index is 2.77. The summed E-state index contributed by atoms with van der Waals surface area (Å²) >= 11 is 0. The smallest absolute Gasteiger partial charge is 0.128 e. The molecule has 4 nitrogen and oxygen atoms in total. The van der Waals surface area contributed by atoms with Crippen LogP contribution in [-0.4, -0.2) is 34.9 Å². The lowest BCUT2D eigenvalue weighted by atomic mass is 10.2. The molecule has 0 spiro atoms. The van der Waals surface area contributed by atoms with Gasteiger partial charge in [0.1, 0.15) is 5.82 Å². The first-order valence-corrected chi connectivity index (χ1v) is 5.18. The van der Waals surface area contributed by atoms with Crippen LogP contribution in [0.3, 0.4) is 0 Å². The summed E-state index contributed by atoms with van der Waals surface area (Å²) in [6.45, 7) is 5.23. The number of pyridine rings is 1. The van der Waals surface area contributed by atoms with Crippen molar-refractivity contribution in [1.82, 2.24) is 4.98 Å². The molecule has 0 aliphatic heterocycles. The van der Waals surface area contributed by atoms with Crippen LogP contribution in [0.25, 0.3) is 0 Å². The summed E-state index contributed by atoms with van der Waals surface area (Å²) in [6.07, 6.45) is 1.18. The first-order valence-electron chi connectivity index (χ1n) is 5.18. The molecule has 0 saturated heterocycles. The predicted octanol–water partition coefficient (Wildman–Crippen LogP) is 0.954. The standard InChI is InChI=1S/C11H18N2O2/c1-3-13(6-7-14)11-5-4-10(8-12-11)9(2)15/h4-5,8-9,14-15H,3,6-7H2,1-2H3/t9-/m1/s1. The molecular formula is C11H18N2O2. The van der Waals surface area contributed by atoms with Crippen molar-refractivity contribution in [2.45, 2.75) is 20.0 Å². The van der Waals surface area contributed by atoms with Crippen molar-refractivity contribution >= 4 is 5.82 Å². The van der Waals surface area contributed by atoms with E-state index < -0.39 is 6.10 Å². The van der Waals surface area contributed by atoms with Crippen LogP contribution in [0, 0.1) is 0 Å². The molecule has 1 aromatic heterocycles. The van der Waals surface area contributed by atoms with Crippen LogP contribution in [0.1, 0.15) is 25.5 Å². The number of aliphatic hydroxyl groups excluding tert-OH is 2. The van der Waals surface area contributed by atoms with E-state index in [2.05, 4.69) is 4.98 Å². The summed E-state index contributed by atoms with van der Waals surface area (Å²) in [7, 11) is 0. The molecular weight excluding hydrogens is 192 g/mol. The van der Waals surface area contributed by atoms with Crippen LogP contribution >= 0.6 is 0 Å². The van der Waals surface area contributed by atoms with Gasteiger partial charge < -0.3 is 15.1 Å². The van der Waals surface area contributed by atoms with Crippen molar-refractivity contribution in [2.75, 3.05) is 24.6 Å². The molecule has 0 aliphatic carbocycles. The minimum Gasteiger partial charge on any atom is -0.395 e. The highest BCUT2D eigenvalue weighted by Crippen LogP contribution is 2.15. The van der Waals surface area contributed by atoms with Gasteiger partial charge in [0.2, 0.25) is 0 Å². The van der Waals surface area contributed by atoms with Crippen molar-refractivity contribution in [3.8, 4) is 0 Å². The Bertz CT molecular complexity index is 285. The van der Waals surface area contributed by atoms with Crippen LogP contribution in [0.5, 0.6) is 0 Å². The van der Waals surface area contributed by atoms with Crippen LogP contribution in [-0.2, 0) is 0 Å². The molecule has 0 amide bonds. The van der Waals surface area contributed by atoms with Gasteiger partial charge in [0.15, 0.2) is 0 Å². The monoisotopic (exact) mass is 210 g/mol. The normalized spacial score (nSPS) is 12.5. The lowest BCUT2D eigenvalue weighted by Crippen LogP contribution is -2.26. The molecule has 0 radical (unpaired) electrons. The van der Waals surface area contributed by atoms with Gasteiger partial charge in [-0.05, 0) is 25.5 Å². The van der Waals surface area contributed by atoms with Gasteiger partial charge in [-0.3, -0.25) is 0 Å². The molecule has 1 atom stereocenters. The van der Waals surface area contributed by atoms with Gasteiger partial charge in [-0.15, -0.1) is 0 Å². The molecule has 4 heteroatoms. The lowest BCUT2D eigenvalue weighted by Gasteiger charge is -2.20. The maximum Gasteiger partial charge on any atom is 0.128 e. The van der Waals surface area contributed by atoms with Gasteiger partial charge in [0.05, 0.1) is 12.7 Å². The molecule has 0 bridgehead atoms. The topological polar surface area (TPSA) is 56.6 Å². The van der Waals surface area contributed by atoms with E-state index in [-0.39, 0.29) is 6.61 Å². The minimum absolute atomic E-state index is 0.119. The quantitative estimate of drug-likeness (QED) is 0.760. The molecule has 0 aliphatic rings. The summed E-state index contributed by atoms with van der Waals surface area (Å²) < 4.78 is 0. The number of rotatable bonds is 5. The molecule has 15 heavy (non-hydrogen) atoms. The van der Waals surface area contributed by atoms with Gasteiger partial charge in [-0.2, -0.15) is 0 Å². The van der Waals surface area contributed by atoms with Crippen molar-refractivity contribution < 1.29 is 10.2 Å². The lowest BCUT2D eigenvalue weighted by molar-refractivity contribution is 0.199. The molecule has 0 fully saturated rings. The summed E-state index contributed by atoms with van der Waals surface area (Å²) in [5.74, 6) is 0.830. The number of aromatic nitrogens is 1. The van der Waals surface area contributed by atoms with Crippen molar-refractivity contribution in [3.05, 3.63) is 23.9 Å². The van der Waals surface area contributed by atoms with E-state index in [1.165, 1.54) is 0 Å². The van der Waals surface area contributed by atoms with Crippen LogP contribution in [0.4, 0.5) is 5.82 Å². The largest absolute Gasteiger partial charge is 0.395 e. The third-order valence-electron chi connectivity index (χ3n) is 2.33. The van der Waals surface area contributed by atoms with Gasteiger partial charge in [-0.25, -0.2) is 4.98 Å². The van der Waals surface area contributed by atoms with Crippen molar-refractivity contribution in [2.24, 2.45) is 0 Å². The zero-order chi connectivity index (χ0) is 11.3. The fourth-order valence-electron chi connectivity index (χ4n) is 1.39. The second kappa shape index (κ2) is 5.68. The van der Waals surface area contributed by atoms with Gasteiger partial charge in [0.25, 0.3) is 0 Å². The second-order valence-electron chi connectivity index (χ2n) is 3.43. The Kier molecular flexibility index (Phi) is 4.52. The maximum atomic E-state index is 9.32. The van der Waals surface area contributed by atoms with E-state index in [1.807, 2.05) is 24.0 Å². The third-order valence-corrected chi connectivity index (χ3v) is 2.33. The van der Waals surface area contributed by atoms with E-state index in [4.69, 9.17) is 5.11 Å². The number of hydrogen-bond donors (Lipinski definition) is 2. The predicted molar refractivity (Wildman–Crippen MR) is 59.8 cm³/mol. The SMILES string of the molecule is CCN(CCO)c1ccc([C@@H](C)O)cn1. The molecule has 1 aromatic rings. The van der Waals surface area contributed by atoms with E-state index >= 15 is 0 Å². The Hall–Kier alpha value is -1.13.